The van der Waals surface area contributed by atoms with E-state index < -0.39 is 0 Å². The molecule has 0 unspecified atom stereocenters. The summed E-state index contributed by atoms with van der Waals surface area (Å²) in [7, 11) is 0. The van der Waals surface area contributed by atoms with Gasteiger partial charge >= 0.3 is 0 Å². The van der Waals surface area contributed by atoms with Gasteiger partial charge in [0.2, 0.25) is 0 Å². The number of carbonyl (C=O) groups excluding carboxylic acids is 2. The first-order chi connectivity index (χ1) is 19.2. The van der Waals surface area contributed by atoms with E-state index >= 15 is 0 Å². The van der Waals surface area contributed by atoms with Crippen LogP contribution in [-0.4, -0.2) is 16.7 Å². The summed E-state index contributed by atoms with van der Waals surface area (Å²) in [5.74, 6) is -0.0177. The van der Waals surface area contributed by atoms with Crippen LogP contribution in [0.1, 0.15) is 50.9 Å². The van der Waals surface area contributed by atoms with Crippen molar-refractivity contribution in [1.82, 2.24) is 4.98 Å². The average Bonchev–Trinajstić information content (AvgIpc) is 3.28. The van der Waals surface area contributed by atoms with Crippen molar-refractivity contribution in [1.29, 1.82) is 0 Å². The van der Waals surface area contributed by atoms with Gasteiger partial charge in [0.25, 0.3) is 5.91 Å². The van der Waals surface area contributed by atoms with Gasteiger partial charge in [-0.2, -0.15) is 0 Å². The molecule has 0 spiro atoms. The first-order valence-electron chi connectivity index (χ1n) is 12.6. The third-order valence-corrected chi connectivity index (χ3v) is 8.13. The third kappa shape index (κ3) is 5.94. The number of carbonyl (C=O) groups is 2. The Hall–Kier alpha value is -3.97. The van der Waals surface area contributed by atoms with Crippen molar-refractivity contribution >= 4 is 73.9 Å². The van der Waals surface area contributed by atoms with Crippen LogP contribution < -0.4 is 11.1 Å². The molecule has 3 aromatic carbocycles. The van der Waals surface area contributed by atoms with E-state index in [2.05, 4.69) is 36.3 Å². The van der Waals surface area contributed by atoms with Gasteiger partial charge in [-0.3, -0.25) is 9.59 Å². The number of hydrogen-bond acceptors (Lipinski definition) is 5. The highest BCUT2D eigenvalue weighted by molar-refractivity contribution is 7.21. The molecule has 0 saturated carbocycles. The van der Waals surface area contributed by atoms with E-state index in [4.69, 9.17) is 28.9 Å². The maximum atomic E-state index is 13.1. The van der Waals surface area contributed by atoms with Crippen LogP contribution in [0, 0.1) is 0 Å². The topological polar surface area (TPSA) is 85.1 Å². The van der Waals surface area contributed by atoms with Crippen molar-refractivity contribution in [2.24, 2.45) is 0 Å². The summed E-state index contributed by atoms with van der Waals surface area (Å²) in [5, 5.41) is 4.57. The number of aromatic nitrogens is 1. The summed E-state index contributed by atoms with van der Waals surface area (Å²) in [5.41, 5.74) is 11.3. The van der Waals surface area contributed by atoms with Crippen molar-refractivity contribution in [2.75, 3.05) is 11.1 Å². The Balaban J connectivity index is 1.28. The van der Waals surface area contributed by atoms with E-state index in [0.29, 0.717) is 53.7 Å². The molecule has 2 aromatic heterocycles. The first-order valence-corrected chi connectivity index (χ1v) is 14.1. The monoisotopic (exact) mass is 585 g/mol. The Morgan fingerprint density at radius 1 is 0.950 bits per heavy atom. The van der Waals surface area contributed by atoms with Gasteiger partial charge in [-0.25, -0.2) is 4.98 Å². The fraction of sp³-hybridized carbons (Fsp3) is 0.0938. The molecule has 0 aliphatic carbocycles. The molecule has 5 aromatic rings. The zero-order chi connectivity index (χ0) is 28.4. The minimum atomic E-state index is -0.351. The van der Waals surface area contributed by atoms with Crippen LogP contribution in [-0.2, 0) is 0 Å². The first kappa shape index (κ1) is 27.6. The van der Waals surface area contributed by atoms with E-state index in [1.54, 1.807) is 54.6 Å². The van der Waals surface area contributed by atoms with Gasteiger partial charge in [0.1, 0.15) is 9.71 Å². The Labute approximate surface area is 246 Å². The second-order valence-corrected chi connectivity index (χ2v) is 11.4. The molecule has 5 nitrogen and oxygen atoms in total. The highest BCUT2D eigenvalue weighted by atomic mass is 35.5. The molecular formula is C32H25Cl2N3O2S. The zero-order valence-electron chi connectivity index (χ0n) is 21.7. The molecule has 40 heavy (non-hydrogen) atoms. The van der Waals surface area contributed by atoms with E-state index in [1.165, 1.54) is 16.9 Å². The number of ketones is 1. The standard InChI is InChI=1S/C32H25Cl2N3O2S/c1-18(2)20-6-3-19(4-7-20)5-16-28(38)21-8-11-23(12-9-21)36-31(39)30-29(35)25-14-15-27(37-32(25)40-30)24-13-10-22(33)17-26(24)34/h3-18H,35H2,1-2H3,(H,36,39). The number of benzene rings is 3. The van der Waals surface area contributed by atoms with Crippen molar-refractivity contribution in [3.05, 3.63) is 117 Å². The Bertz CT molecular complexity index is 1760. The van der Waals surface area contributed by atoms with E-state index in [0.717, 1.165) is 11.1 Å². The molecule has 0 radical (unpaired) electrons. The average molecular weight is 587 g/mol. The van der Waals surface area contributed by atoms with Gasteiger partial charge in [0.15, 0.2) is 5.78 Å². The summed E-state index contributed by atoms with van der Waals surface area (Å²) in [6, 6.07) is 23.7. The van der Waals surface area contributed by atoms with Crippen molar-refractivity contribution in [3.8, 4) is 11.3 Å². The molecule has 5 rings (SSSR count). The van der Waals surface area contributed by atoms with Crippen LogP contribution in [0.15, 0.2) is 84.9 Å². The van der Waals surface area contributed by atoms with Gasteiger partial charge in [0, 0.05) is 27.2 Å². The number of amides is 1. The second-order valence-electron chi connectivity index (χ2n) is 9.57. The number of thiophene rings is 1. The van der Waals surface area contributed by atoms with Crippen LogP contribution in [0.5, 0.6) is 0 Å². The van der Waals surface area contributed by atoms with E-state index in [-0.39, 0.29) is 11.7 Å². The number of rotatable bonds is 7. The second kappa shape index (κ2) is 11.6. The Morgan fingerprint density at radius 2 is 1.68 bits per heavy atom. The molecule has 200 valence electrons. The summed E-state index contributed by atoms with van der Waals surface area (Å²) in [6.45, 7) is 4.29. The molecular weight excluding hydrogens is 561 g/mol. The smallest absolute Gasteiger partial charge is 0.267 e. The Morgan fingerprint density at radius 3 is 2.35 bits per heavy atom. The molecule has 8 heteroatoms. The van der Waals surface area contributed by atoms with Gasteiger partial charge in [0.05, 0.1) is 16.4 Å². The number of nitrogens with two attached hydrogens (primary N) is 1. The maximum absolute atomic E-state index is 13.1. The molecule has 3 N–H and O–H groups in total. The largest absolute Gasteiger partial charge is 0.397 e. The van der Waals surface area contributed by atoms with Gasteiger partial charge in [-0.05, 0) is 77.7 Å². The molecule has 2 heterocycles. The number of pyridine rings is 1. The van der Waals surface area contributed by atoms with Crippen LogP contribution in [0.3, 0.4) is 0 Å². The molecule has 0 aliphatic heterocycles. The molecule has 0 bridgehead atoms. The highest BCUT2D eigenvalue weighted by Gasteiger charge is 2.19. The summed E-state index contributed by atoms with van der Waals surface area (Å²) in [4.78, 5) is 31.4. The van der Waals surface area contributed by atoms with Gasteiger partial charge in [-0.15, -0.1) is 11.3 Å². The van der Waals surface area contributed by atoms with Crippen molar-refractivity contribution in [2.45, 2.75) is 19.8 Å². The number of halogens is 2. The molecule has 0 aliphatic rings. The van der Waals surface area contributed by atoms with Gasteiger partial charge in [-0.1, -0.05) is 67.4 Å². The third-order valence-electron chi connectivity index (χ3n) is 6.46. The lowest BCUT2D eigenvalue weighted by molar-refractivity contribution is 0.102. The lowest BCUT2D eigenvalue weighted by Gasteiger charge is -2.05. The highest BCUT2D eigenvalue weighted by Crippen LogP contribution is 2.36. The lowest BCUT2D eigenvalue weighted by atomic mass is 10.0. The minimum absolute atomic E-state index is 0.123. The number of nitrogen functional groups attached to an aromatic ring is 1. The SMILES string of the molecule is CC(C)c1ccc(C=CC(=O)c2ccc(NC(=O)c3sc4nc(-c5ccc(Cl)cc5Cl)ccc4c3N)cc2)cc1. The molecule has 0 atom stereocenters. The summed E-state index contributed by atoms with van der Waals surface area (Å²) in [6.07, 6.45) is 3.35. The summed E-state index contributed by atoms with van der Waals surface area (Å²) >= 11 is 13.6. The maximum Gasteiger partial charge on any atom is 0.267 e. The minimum Gasteiger partial charge on any atom is -0.397 e. The van der Waals surface area contributed by atoms with Crippen molar-refractivity contribution in [3.63, 3.8) is 0 Å². The van der Waals surface area contributed by atoms with Gasteiger partial charge < -0.3 is 11.1 Å². The van der Waals surface area contributed by atoms with Crippen LogP contribution in [0.2, 0.25) is 10.0 Å². The zero-order valence-corrected chi connectivity index (χ0v) is 24.1. The molecule has 0 saturated heterocycles. The quantitative estimate of drug-likeness (QED) is 0.147. The number of allylic oxidation sites excluding steroid dienone is 1. The van der Waals surface area contributed by atoms with Crippen LogP contribution >= 0.6 is 34.5 Å². The number of hydrogen-bond donors (Lipinski definition) is 2. The number of nitrogens with zero attached hydrogens (tertiary/aromatic N) is 1. The fourth-order valence-corrected chi connectivity index (χ4v) is 5.67. The summed E-state index contributed by atoms with van der Waals surface area (Å²) < 4.78 is 0. The van der Waals surface area contributed by atoms with Crippen LogP contribution in [0.4, 0.5) is 11.4 Å². The molecule has 1 amide bonds. The van der Waals surface area contributed by atoms with E-state index in [1.807, 2.05) is 24.3 Å². The number of anilines is 2. The number of fused-ring (bicyclic) bond motifs is 1. The predicted octanol–water partition coefficient (Wildman–Crippen LogP) is 9.12. The fourth-order valence-electron chi connectivity index (χ4n) is 4.18. The van der Waals surface area contributed by atoms with E-state index in [9.17, 15) is 9.59 Å². The van der Waals surface area contributed by atoms with Crippen LogP contribution in [0.25, 0.3) is 27.6 Å². The predicted molar refractivity (Wildman–Crippen MR) is 168 cm³/mol. The normalized spacial score (nSPS) is 11.4. The lowest BCUT2D eigenvalue weighted by Crippen LogP contribution is -2.12. The Kier molecular flexibility index (Phi) is 8.03. The van der Waals surface area contributed by atoms with Crippen molar-refractivity contribution < 1.29 is 9.59 Å². The number of nitrogens with one attached hydrogen (secondary N) is 1. The molecule has 0 fully saturated rings.